The van der Waals surface area contributed by atoms with Gasteiger partial charge in [0.2, 0.25) is 0 Å². The topological polar surface area (TPSA) is 83.8 Å². The molecule has 0 aromatic heterocycles. The van der Waals surface area contributed by atoms with Gasteiger partial charge in [0.05, 0.1) is 6.61 Å². The van der Waals surface area contributed by atoms with E-state index >= 15 is 0 Å². The Kier molecular flexibility index (Phi) is 7.49. The van der Waals surface area contributed by atoms with Crippen molar-refractivity contribution in [1.29, 1.82) is 0 Å². The van der Waals surface area contributed by atoms with Gasteiger partial charge in [-0.25, -0.2) is 4.79 Å². The third kappa shape index (κ3) is 5.11. The summed E-state index contributed by atoms with van der Waals surface area (Å²) in [4.78, 5) is 24.3. The van der Waals surface area contributed by atoms with Gasteiger partial charge in [-0.3, -0.25) is 4.79 Å². The zero-order valence-corrected chi connectivity index (χ0v) is 14.8. The number of aromatic hydroxyl groups is 2. The molecule has 0 bridgehead atoms. The lowest BCUT2D eigenvalue weighted by atomic mass is 9.95. The van der Waals surface area contributed by atoms with E-state index in [1.165, 1.54) is 6.08 Å². The summed E-state index contributed by atoms with van der Waals surface area (Å²) in [5.41, 5.74) is 0.635. The Labute approximate surface area is 143 Å². The van der Waals surface area contributed by atoms with Crippen LogP contribution in [-0.4, -0.2) is 28.6 Å². The molecule has 1 rings (SSSR count). The van der Waals surface area contributed by atoms with Crippen LogP contribution in [0.3, 0.4) is 0 Å². The lowest BCUT2D eigenvalue weighted by Gasteiger charge is -2.15. The maximum absolute atomic E-state index is 12.4. The van der Waals surface area contributed by atoms with Crippen LogP contribution in [0.5, 0.6) is 11.5 Å². The number of ether oxygens (including phenoxy) is 1. The fourth-order valence-corrected chi connectivity index (χ4v) is 2.30. The fraction of sp³-hybridized carbons (Fsp3) is 0.474. The second kappa shape index (κ2) is 9.11. The summed E-state index contributed by atoms with van der Waals surface area (Å²) in [6.45, 7) is 7.69. The van der Waals surface area contributed by atoms with Gasteiger partial charge >= 0.3 is 5.97 Å². The van der Waals surface area contributed by atoms with Crippen molar-refractivity contribution in [1.82, 2.24) is 0 Å². The normalized spacial score (nSPS) is 12.3. The molecule has 0 spiro atoms. The Hall–Kier alpha value is -2.30. The summed E-state index contributed by atoms with van der Waals surface area (Å²) in [6, 6.07) is 1.10. The zero-order valence-electron chi connectivity index (χ0n) is 14.8. The average molecular weight is 334 g/mol. The smallest absolute Gasteiger partial charge is 0.342 e. The molecular formula is C19H26O5. The van der Waals surface area contributed by atoms with E-state index in [0.717, 1.165) is 18.9 Å². The van der Waals surface area contributed by atoms with E-state index in [-0.39, 0.29) is 35.9 Å². The second-order valence-electron chi connectivity index (χ2n) is 5.97. The molecule has 2 N–H and O–H groups in total. The molecule has 0 heterocycles. The minimum atomic E-state index is -0.679. The van der Waals surface area contributed by atoms with Crippen molar-refractivity contribution in [3.63, 3.8) is 0 Å². The standard InChI is InChI=1S/C19H26O5/c1-5-7-14(20)10-15-13(4)16(21)11-17(22)18(15)19(23)24-9-8-12(3)6-2/h5,7,11-12,21-22H,6,8-10H2,1-4H3/b7-5+. The number of carbonyl (C=O) groups is 2. The number of hydrogen-bond acceptors (Lipinski definition) is 5. The van der Waals surface area contributed by atoms with E-state index in [2.05, 4.69) is 13.8 Å². The highest BCUT2D eigenvalue weighted by molar-refractivity contribution is 5.99. The molecule has 0 aliphatic heterocycles. The van der Waals surface area contributed by atoms with Crippen molar-refractivity contribution in [2.45, 2.75) is 47.0 Å². The summed E-state index contributed by atoms with van der Waals surface area (Å²) in [5, 5.41) is 19.9. The molecule has 0 radical (unpaired) electrons. The number of allylic oxidation sites excluding steroid dienone is 2. The lowest BCUT2D eigenvalue weighted by Crippen LogP contribution is -2.14. The van der Waals surface area contributed by atoms with Gasteiger partial charge in [-0.15, -0.1) is 0 Å². The van der Waals surface area contributed by atoms with E-state index in [4.69, 9.17) is 4.74 Å². The van der Waals surface area contributed by atoms with E-state index in [1.54, 1.807) is 19.9 Å². The van der Waals surface area contributed by atoms with Gasteiger partial charge in [0, 0.05) is 12.5 Å². The molecule has 0 fully saturated rings. The highest BCUT2D eigenvalue weighted by atomic mass is 16.5. The molecular weight excluding hydrogens is 308 g/mol. The minimum absolute atomic E-state index is 0.0488. The number of benzene rings is 1. The first-order valence-electron chi connectivity index (χ1n) is 8.18. The highest BCUT2D eigenvalue weighted by Gasteiger charge is 2.23. The van der Waals surface area contributed by atoms with E-state index in [0.29, 0.717) is 17.0 Å². The molecule has 1 atom stereocenters. The summed E-state index contributed by atoms with van der Waals surface area (Å²) in [7, 11) is 0. The molecule has 0 saturated heterocycles. The molecule has 5 nitrogen and oxygen atoms in total. The number of carbonyl (C=O) groups excluding carboxylic acids is 2. The first kappa shape index (κ1) is 19.7. The van der Waals surface area contributed by atoms with Crippen molar-refractivity contribution < 1.29 is 24.5 Å². The van der Waals surface area contributed by atoms with Crippen molar-refractivity contribution in [2.24, 2.45) is 5.92 Å². The van der Waals surface area contributed by atoms with Crippen LogP contribution in [0, 0.1) is 12.8 Å². The molecule has 0 aliphatic carbocycles. The van der Waals surface area contributed by atoms with Crippen LogP contribution >= 0.6 is 0 Å². The average Bonchev–Trinajstić information content (AvgIpc) is 2.52. The number of hydrogen-bond donors (Lipinski definition) is 2. The van der Waals surface area contributed by atoms with Crippen LogP contribution in [0.25, 0.3) is 0 Å². The summed E-state index contributed by atoms with van der Waals surface area (Å²) < 4.78 is 5.25. The Balaban J connectivity index is 3.09. The number of phenolic OH excluding ortho intramolecular Hbond substituents is 2. The number of rotatable bonds is 8. The summed E-state index contributed by atoms with van der Waals surface area (Å²) in [6.07, 6.45) is 4.62. The number of phenols is 2. The van der Waals surface area contributed by atoms with Crippen molar-refractivity contribution in [3.05, 3.63) is 34.9 Å². The first-order valence-corrected chi connectivity index (χ1v) is 8.18. The third-order valence-corrected chi connectivity index (χ3v) is 4.12. The van der Waals surface area contributed by atoms with Crippen LogP contribution < -0.4 is 0 Å². The van der Waals surface area contributed by atoms with E-state index in [9.17, 15) is 19.8 Å². The van der Waals surface area contributed by atoms with Gasteiger partial charge in [0.1, 0.15) is 17.1 Å². The monoisotopic (exact) mass is 334 g/mol. The Morgan fingerprint density at radius 2 is 1.96 bits per heavy atom. The quantitative estimate of drug-likeness (QED) is 0.559. The Morgan fingerprint density at radius 3 is 2.54 bits per heavy atom. The molecule has 0 aliphatic rings. The zero-order chi connectivity index (χ0) is 18.3. The molecule has 5 heteroatoms. The van der Waals surface area contributed by atoms with Gasteiger partial charge in [-0.2, -0.15) is 0 Å². The molecule has 1 unspecified atom stereocenters. The van der Waals surface area contributed by atoms with Crippen LogP contribution in [0.1, 0.15) is 55.1 Å². The van der Waals surface area contributed by atoms with Crippen molar-refractivity contribution >= 4 is 11.8 Å². The van der Waals surface area contributed by atoms with E-state index < -0.39 is 5.97 Å². The SMILES string of the molecule is C/C=C/C(=O)Cc1c(C)c(O)cc(O)c1C(=O)OCCC(C)CC. The molecule has 132 valence electrons. The van der Waals surface area contributed by atoms with Crippen LogP contribution in [0.4, 0.5) is 0 Å². The number of ketones is 1. The largest absolute Gasteiger partial charge is 0.508 e. The van der Waals surface area contributed by atoms with Gasteiger partial charge in [-0.1, -0.05) is 26.3 Å². The first-order chi connectivity index (χ1) is 11.3. The molecule has 0 amide bonds. The fourth-order valence-electron chi connectivity index (χ4n) is 2.30. The minimum Gasteiger partial charge on any atom is -0.508 e. The maximum Gasteiger partial charge on any atom is 0.342 e. The van der Waals surface area contributed by atoms with Crippen molar-refractivity contribution in [2.75, 3.05) is 6.61 Å². The predicted octanol–water partition coefficient (Wildman–Crippen LogP) is 3.69. The van der Waals surface area contributed by atoms with Gasteiger partial charge < -0.3 is 14.9 Å². The molecule has 24 heavy (non-hydrogen) atoms. The van der Waals surface area contributed by atoms with Gasteiger partial charge in [-0.05, 0) is 43.4 Å². The van der Waals surface area contributed by atoms with E-state index in [1.807, 2.05) is 0 Å². The lowest BCUT2D eigenvalue weighted by molar-refractivity contribution is -0.114. The third-order valence-electron chi connectivity index (χ3n) is 4.12. The Bertz CT molecular complexity index is 631. The van der Waals surface area contributed by atoms with Crippen molar-refractivity contribution in [3.8, 4) is 11.5 Å². The van der Waals surface area contributed by atoms with Crippen LogP contribution in [0.15, 0.2) is 18.2 Å². The molecule has 1 aromatic rings. The van der Waals surface area contributed by atoms with Gasteiger partial charge in [0.25, 0.3) is 0 Å². The Morgan fingerprint density at radius 1 is 1.29 bits per heavy atom. The molecule has 0 saturated carbocycles. The summed E-state index contributed by atoms with van der Waals surface area (Å²) >= 11 is 0. The molecule has 1 aromatic carbocycles. The highest BCUT2D eigenvalue weighted by Crippen LogP contribution is 2.33. The van der Waals surface area contributed by atoms with Crippen LogP contribution in [-0.2, 0) is 16.0 Å². The van der Waals surface area contributed by atoms with Crippen LogP contribution in [0.2, 0.25) is 0 Å². The number of esters is 1. The predicted molar refractivity (Wildman–Crippen MR) is 92.4 cm³/mol. The summed E-state index contributed by atoms with van der Waals surface area (Å²) in [5.74, 6) is -1.01. The van der Waals surface area contributed by atoms with Gasteiger partial charge in [0.15, 0.2) is 5.78 Å². The second-order valence-corrected chi connectivity index (χ2v) is 5.97. The maximum atomic E-state index is 12.4.